The standard InChI is InChI=1S/C10H15NO2/c12-8-11-7-1-2-9-3-5-10(13)6-4-9/h3-6,11-13H,1-2,7-8H2. The molecule has 13 heavy (non-hydrogen) atoms. The van der Waals surface area contributed by atoms with Gasteiger partial charge in [-0.1, -0.05) is 12.1 Å². The van der Waals surface area contributed by atoms with Crippen molar-refractivity contribution in [3.8, 4) is 5.75 Å². The maximum Gasteiger partial charge on any atom is 0.115 e. The highest BCUT2D eigenvalue weighted by Crippen LogP contribution is 2.10. The molecule has 0 atom stereocenters. The highest BCUT2D eigenvalue weighted by atomic mass is 16.3. The zero-order chi connectivity index (χ0) is 9.52. The van der Waals surface area contributed by atoms with Crippen LogP contribution < -0.4 is 5.32 Å². The summed E-state index contributed by atoms with van der Waals surface area (Å²) in [6.07, 6.45) is 1.96. The third-order valence-corrected chi connectivity index (χ3v) is 1.87. The van der Waals surface area contributed by atoms with Gasteiger partial charge in [-0.05, 0) is 37.1 Å². The van der Waals surface area contributed by atoms with Gasteiger partial charge < -0.3 is 10.2 Å². The van der Waals surface area contributed by atoms with Crippen molar-refractivity contribution in [2.24, 2.45) is 0 Å². The third-order valence-electron chi connectivity index (χ3n) is 1.87. The molecule has 0 heterocycles. The molecule has 0 aliphatic rings. The van der Waals surface area contributed by atoms with E-state index in [9.17, 15) is 0 Å². The van der Waals surface area contributed by atoms with E-state index in [0.29, 0.717) is 5.75 Å². The smallest absolute Gasteiger partial charge is 0.115 e. The van der Waals surface area contributed by atoms with Gasteiger partial charge in [-0.25, -0.2) is 0 Å². The van der Waals surface area contributed by atoms with Crippen molar-refractivity contribution in [1.29, 1.82) is 0 Å². The third kappa shape index (κ3) is 3.92. The number of aryl methyl sites for hydroxylation is 1. The lowest BCUT2D eigenvalue weighted by atomic mass is 10.1. The molecule has 72 valence electrons. The van der Waals surface area contributed by atoms with Crippen LogP contribution in [0.5, 0.6) is 5.75 Å². The maximum absolute atomic E-state index is 9.02. The van der Waals surface area contributed by atoms with E-state index in [1.54, 1.807) is 12.1 Å². The molecule has 1 aromatic rings. The Balaban J connectivity index is 2.25. The normalized spacial score (nSPS) is 10.2. The molecule has 0 radical (unpaired) electrons. The van der Waals surface area contributed by atoms with Gasteiger partial charge in [0.05, 0.1) is 6.73 Å². The lowest BCUT2D eigenvalue weighted by Crippen LogP contribution is -2.16. The molecule has 0 aromatic heterocycles. The Kier molecular flexibility index (Phi) is 4.29. The number of nitrogens with one attached hydrogen (secondary N) is 1. The minimum absolute atomic E-state index is 0.0373. The maximum atomic E-state index is 9.02. The molecule has 0 saturated carbocycles. The SMILES string of the molecule is OCNCCCc1ccc(O)cc1. The van der Waals surface area contributed by atoms with E-state index in [0.717, 1.165) is 19.4 Å². The predicted molar refractivity (Wildman–Crippen MR) is 51.5 cm³/mol. The Morgan fingerprint density at radius 1 is 1.15 bits per heavy atom. The molecule has 0 saturated heterocycles. The van der Waals surface area contributed by atoms with Crippen LogP contribution in [0.25, 0.3) is 0 Å². The molecular weight excluding hydrogens is 166 g/mol. The average molecular weight is 181 g/mol. The van der Waals surface area contributed by atoms with Crippen LogP contribution in [-0.2, 0) is 6.42 Å². The molecule has 0 bridgehead atoms. The first-order chi connectivity index (χ1) is 6.33. The van der Waals surface area contributed by atoms with Gasteiger partial charge in [0.15, 0.2) is 0 Å². The second-order valence-corrected chi connectivity index (χ2v) is 2.93. The van der Waals surface area contributed by atoms with Gasteiger partial charge >= 0.3 is 0 Å². The van der Waals surface area contributed by atoms with E-state index in [-0.39, 0.29) is 6.73 Å². The fourth-order valence-electron chi connectivity index (χ4n) is 1.16. The van der Waals surface area contributed by atoms with Crippen molar-refractivity contribution in [2.45, 2.75) is 12.8 Å². The van der Waals surface area contributed by atoms with E-state index in [4.69, 9.17) is 10.2 Å². The molecule has 3 heteroatoms. The molecule has 3 N–H and O–H groups in total. The van der Waals surface area contributed by atoms with Crippen molar-refractivity contribution in [1.82, 2.24) is 5.32 Å². The summed E-state index contributed by atoms with van der Waals surface area (Å²) in [7, 11) is 0. The Bertz CT molecular complexity index is 233. The minimum Gasteiger partial charge on any atom is -0.508 e. The summed E-state index contributed by atoms with van der Waals surface area (Å²) in [5.74, 6) is 0.303. The second kappa shape index (κ2) is 5.56. The Morgan fingerprint density at radius 3 is 2.46 bits per heavy atom. The highest BCUT2D eigenvalue weighted by molar-refractivity contribution is 5.25. The van der Waals surface area contributed by atoms with Crippen molar-refractivity contribution in [2.75, 3.05) is 13.3 Å². The fourth-order valence-corrected chi connectivity index (χ4v) is 1.16. The number of aliphatic hydroxyl groups is 1. The van der Waals surface area contributed by atoms with Crippen LogP contribution >= 0.6 is 0 Å². The molecule has 3 nitrogen and oxygen atoms in total. The zero-order valence-corrected chi connectivity index (χ0v) is 7.53. The Hall–Kier alpha value is -1.06. The lowest BCUT2D eigenvalue weighted by molar-refractivity contribution is 0.260. The first-order valence-electron chi connectivity index (χ1n) is 4.42. The largest absolute Gasteiger partial charge is 0.508 e. The molecule has 0 aliphatic carbocycles. The van der Waals surface area contributed by atoms with Gasteiger partial charge in [-0.15, -0.1) is 0 Å². The minimum atomic E-state index is 0.0373. The number of rotatable bonds is 5. The average Bonchev–Trinajstić information content (AvgIpc) is 2.15. The number of hydrogen-bond acceptors (Lipinski definition) is 3. The van der Waals surface area contributed by atoms with E-state index in [1.165, 1.54) is 5.56 Å². The van der Waals surface area contributed by atoms with Gasteiger partial charge in [0, 0.05) is 0 Å². The summed E-state index contributed by atoms with van der Waals surface area (Å²) in [6.45, 7) is 0.854. The number of aromatic hydroxyl groups is 1. The molecule has 0 spiro atoms. The van der Waals surface area contributed by atoms with Gasteiger partial charge in [0.2, 0.25) is 0 Å². The van der Waals surface area contributed by atoms with Crippen molar-refractivity contribution < 1.29 is 10.2 Å². The first kappa shape index (κ1) is 10.0. The second-order valence-electron chi connectivity index (χ2n) is 2.93. The Labute approximate surface area is 78.0 Å². The molecule has 0 fully saturated rings. The van der Waals surface area contributed by atoms with E-state index < -0.39 is 0 Å². The van der Waals surface area contributed by atoms with E-state index >= 15 is 0 Å². The van der Waals surface area contributed by atoms with Crippen LogP contribution in [0, 0.1) is 0 Å². The van der Waals surface area contributed by atoms with Crippen molar-refractivity contribution in [3.63, 3.8) is 0 Å². The number of hydrogen-bond donors (Lipinski definition) is 3. The van der Waals surface area contributed by atoms with Gasteiger partial charge in [-0.3, -0.25) is 5.32 Å². The molecule has 1 aromatic carbocycles. The monoisotopic (exact) mass is 181 g/mol. The van der Waals surface area contributed by atoms with E-state index in [1.807, 2.05) is 12.1 Å². The zero-order valence-electron chi connectivity index (χ0n) is 7.53. The number of phenolic OH excluding ortho intramolecular Hbond substituents is 1. The molecular formula is C10H15NO2. The summed E-state index contributed by atoms with van der Waals surface area (Å²) in [6, 6.07) is 7.20. The summed E-state index contributed by atoms with van der Waals surface area (Å²) >= 11 is 0. The number of aliphatic hydroxyl groups excluding tert-OH is 1. The number of phenols is 1. The van der Waals surface area contributed by atoms with Crippen LogP contribution in [0.15, 0.2) is 24.3 Å². The van der Waals surface area contributed by atoms with Crippen LogP contribution in [0.3, 0.4) is 0 Å². The molecule has 1 rings (SSSR count). The van der Waals surface area contributed by atoms with Crippen LogP contribution in [0.1, 0.15) is 12.0 Å². The summed E-state index contributed by atoms with van der Waals surface area (Å²) in [5.41, 5.74) is 1.21. The highest BCUT2D eigenvalue weighted by Gasteiger charge is 1.92. The summed E-state index contributed by atoms with van der Waals surface area (Å²) in [5, 5.41) is 20.3. The van der Waals surface area contributed by atoms with Crippen LogP contribution in [0.2, 0.25) is 0 Å². The molecule has 0 unspecified atom stereocenters. The van der Waals surface area contributed by atoms with Crippen molar-refractivity contribution >= 4 is 0 Å². The van der Waals surface area contributed by atoms with Crippen LogP contribution in [-0.4, -0.2) is 23.5 Å². The van der Waals surface area contributed by atoms with Gasteiger partial charge in [0.25, 0.3) is 0 Å². The first-order valence-corrected chi connectivity index (χ1v) is 4.42. The molecule has 0 aliphatic heterocycles. The quantitative estimate of drug-likeness (QED) is 0.466. The Morgan fingerprint density at radius 2 is 1.85 bits per heavy atom. The fraction of sp³-hybridized carbons (Fsp3) is 0.400. The van der Waals surface area contributed by atoms with Crippen LogP contribution in [0.4, 0.5) is 0 Å². The van der Waals surface area contributed by atoms with Crippen molar-refractivity contribution in [3.05, 3.63) is 29.8 Å². The summed E-state index contributed by atoms with van der Waals surface area (Å²) < 4.78 is 0. The predicted octanol–water partition coefficient (Wildman–Crippen LogP) is 0.864. The molecule has 0 amide bonds. The lowest BCUT2D eigenvalue weighted by Gasteiger charge is -2.01. The van der Waals surface area contributed by atoms with Gasteiger partial charge in [0.1, 0.15) is 5.75 Å². The number of benzene rings is 1. The summed E-state index contributed by atoms with van der Waals surface area (Å²) in [4.78, 5) is 0. The van der Waals surface area contributed by atoms with E-state index in [2.05, 4.69) is 5.32 Å². The topological polar surface area (TPSA) is 52.5 Å². The van der Waals surface area contributed by atoms with Gasteiger partial charge in [-0.2, -0.15) is 0 Å².